The van der Waals surface area contributed by atoms with Gasteiger partial charge in [0.05, 0.1) is 0 Å². The van der Waals surface area contributed by atoms with Gasteiger partial charge in [0.25, 0.3) is 0 Å². The third kappa shape index (κ3) is 5.59. The molecule has 0 saturated carbocycles. The smallest absolute Gasteiger partial charge is 0.00462 e. The van der Waals surface area contributed by atoms with E-state index in [-0.39, 0.29) is 0 Å². The van der Waals surface area contributed by atoms with Gasteiger partial charge in [0, 0.05) is 0 Å². The Bertz CT molecular complexity index is 102. The van der Waals surface area contributed by atoms with E-state index in [2.05, 4.69) is 39.9 Å². The zero-order chi connectivity index (χ0) is 9.61. The Morgan fingerprint density at radius 2 is 1.75 bits per heavy atom. The van der Waals surface area contributed by atoms with E-state index < -0.39 is 0 Å². The number of rotatable bonds is 5. The Hall–Kier alpha value is -0.0400. The first-order chi connectivity index (χ1) is 5.48. The summed E-state index contributed by atoms with van der Waals surface area (Å²) in [5.41, 5.74) is 0.466. The fourth-order valence-corrected chi connectivity index (χ4v) is 1.05. The molecule has 0 aromatic rings. The van der Waals surface area contributed by atoms with E-state index in [1.54, 1.807) is 0 Å². The maximum absolute atomic E-state index is 3.44. The molecule has 1 nitrogen and oxygen atoms in total. The van der Waals surface area contributed by atoms with Gasteiger partial charge < -0.3 is 5.32 Å². The Morgan fingerprint density at radius 3 is 2.17 bits per heavy atom. The van der Waals surface area contributed by atoms with Crippen LogP contribution >= 0.6 is 0 Å². The van der Waals surface area contributed by atoms with Crippen molar-refractivity contribution in [2.45, 2.75) is 47.5 Å². The summed E-state index contributed by atoms with van der Waals surface area (Å²) in [6, 6.07) is 0. The molecule has 0 aliphatic rings. The lowest BCUT2D eigenvalue weighted by atomic mass is 9.80. The van der Waals surface area contributed by atoms with E-state index in [1.165, 1.54) is 19.4 Å². The standard InChI is InChI=1S/C11H25N/c1-6-8-12-9-7-10(2)11(3,4)5/h10,12H,6-9H2,1-5H3. The zero-order valence-electron chi connectivity index (χ0n) is 9.41. The average Bonchev–Trinajstić information content (AvgIpc) is 1.96. The summed E-state index contributed by atoms with van der Waals surface area (Å²) in [4.78, 5) is 0. The fourth-order valence-electron chi connectivity index (χ4n) is 1.05. The second-order valence-electron chi connectivity index (χ2n) is 4.81. The molecule has 1 N–H and O–H groups in total. The molecule has 0 aromatic heterocycles. The summed E-state index contributed by atoms with van der Waals surface area (Å²) in [7, 11) is 0. The minimum absolute atomic E-state index is 0.466. The highest BCUT2D eigenvalue weighted by molar-refractivity contribution is 4.70. The van der Waals surface area contributed by atoms with Crippen LogP contribution < -0.4 is 5.32 Å². The van der Waals surface area contributed by atoms with Gasteiger partial charge in [0.2, 0.25) is 0 Å². The molecule has 74 valence electrons. The molecule has 0 saturated heterocycles. The van der Waals surface area contributed by atoms with Crippen LogP contribution in [0.2, 0.25) is 0 Å². The topological polar surface area (TPSA) is 12.0 Å². The molecule has 0 heterocycles. The highest BCUT2D eigenvalue weighted by atomic mass is 14.8. The zero-order valence-corrected chi connectivity index (χ0v) is 9.41. The summed E-state index contributed by atoms with van der Waals surface area (Å²) in [5, 5.41) is 3.44. The van der Waals surface area contributed by atoms with Crippen LogP contribution in [0.15, 0.2) is 0 Å². The van der Waals surface area contributed by atoms with Crippen LogP contribution in [-0.4, -0.2) is 13.1 Å². The fraction of sp³-hybridized carbons (Fsp3) is 1.00. The predicted molar refractivity (Wildman–Crippen MR) is 56.4 cm³/mol. The Labute approximate surface area is 77.9 Å². The molecule has 0 rings (SSSR count). The molecule has 0 fully saturated rings. The van der Waals surface area contributed by atoms with E-state index in [9.17, 15) is 0 Å². The third-order valence-electron chi connectivity index (χ3n) is 2.66. The molecule has 0 spiro atoms. The minimum atomic E-state index is 0.466. The molecule has 0 radical (unpaired) electrons. The van der Waals surface area contributed by atoms with Gasteiger partial charge in [0.15, 0.2) is 0 Å². The Balaban J connectivity index is 3.38. The van der Waals surface area contributed by atoms with Crippen molar-refractivity contribution in [1.29, 1.82) is 0 Å². The molecule has 1 atom stereocenters. The van der Waals surface area contributed by atoms with Gasteiger partial charge >= 0.3 is 0 Å². The maximum Gasteiger partial charge on any atom is -0.00462 e. The molecular weight excluding hydrogens is 146 g/mol. The van der Waals surface area contributed by atoms with Crippen LogP contribution in [0.4, 0.5) is 0 Å². The molecular formula is C11H25N. The minimum Gasteiger partial charge on any atom is -0.317 e. The van der Waals surface area contributed by atoms with Gasteiger partial charge in [-0.25, -0.2) is 0 Å². The van der Waals surface area contributed by atoms with E-state index in [0.29, 0.717) is 5.41 Å². The van der Waals surface area contributed by atoms with Gasteiger partial charge in [-0.1, -0.05) is 34.6 Å². The van der Waals surface area contributed by atoms with Crippen LogP contribution in [0, 0.1) is 11.3 Å². The molecule has 0 aromatic carbocycles. The second kappa shape index (κ2) is 5.58. The Morgan fingerprint density at radius 1 is 1.17 bits per heavy atom. The van der Waals surface area contributed by atoms with Crippen LogP contribution in [0.25, 0.3) is 0 Å². The van der Waals surface area contributed by atoms with Crippen LogP contribution in [0.5, 0.6) is 0 Å². The average molecular weight is 171 g/mol. The summed E-state index contributed by atoms with van der Waals surface area (Å²) in [5.74, 6) is 0.807. The van der Waals surface area contributed by atoms with E-state index >= 15 is 0 Å². The normalized spacial score (nSPS) is 14.8. The number of nitrogens with one attached hydrogen (secondary N) is 1. The summed E-state index contributed by atoms with van der Waals surface area (Å²) in [6.45, 7) is 13.8. The highest BCUT2D eigenvalue weighted by Crippen LogP contribution is 2.27. The second-order valence-corrected chi connectivity index (χ2v) is 4.81. The van der Waals surface area contributed by atoms with Crippen LogP contribution in [-0.2, 0) is 0 Å². The molecule has 12 heavy (non-hydrogen) atoms. The van der Waals surface area contributed by atoms with Gasteiger partial charge in [-0.15, -0.1) is 0 Å². The van der Waals surface area contributed by atoms with Crippen molar-refractivity contribution in [3.63, 3.8) is 0 Å². The van der Waals surface area contributed by atoms with Gasteiger partial charge in [0.1, 0.15) is 0 Å². The van der Waals surface area contributed by atoms with Crippen molar-refractivity contribution in [3.8, 4) is 0 Å². The SMILES string of the molecule is CCCNCCC(C)C(C)(C)C. The molecule has 0 aliphatic carbocycles. The monoisotopic (exact) mass is 171 g/mol. The first-order valence-corrected chi connectivity index (χ1v) is 5.19. The molecule has 0 aliphatic heterocycles. The number of hydrogen-bond acceptors (Lipinski definition) is 1. The third-order valence-corrected chi connectivity index (χ3v) is 2.66. The highest BCUT2D eigenvalue weighted by Gasteiger charge is 2.18. The van der Waals surface area contributed by atoms with E-state index in [1.807, 2.05) is 0 Å². The van der Waals surface area contributed by atoms with E-state index in [0.717, 1.165) is 12.5 Å². The van der Waals surface area contributed by atoms with Gasteiger partial charge in [-0.3, -0.25) is 0 Å². The molecule has 0 amide bonds. The quantitative estimate of drug-likeness (QED) is 0.627. The van der Waals surface area contributed by atoms with E-state index in [4.69, 9.17) is 0 Å². The maximum atomic E-state index is 3.44. The molecule has 1 unspecified atom stereocenters. The van der Waals surface area contributed by atoms with Crippen LogP contribution in [0.1, 0.15) is 47.5 Å². The molecule has 0 bridgehead atoms. The van der Waals surface area contributed by atoms with Crippen molar-refractivity contribution < 1.29 is 0 Å². The predicted octanol–water partition coefficient (Wildman–Crippen LogP) is 3.06. The summed E-state index contributed by atoms with van der Waals surface area (Å²) < 4.78 is 0. The van der Waals surface area contributed by atoms with Crippen molar-refractivity contribution in [2.24, 2.45) is 11.3 Å². The van der Waals surface area contributed by atoms with Gasteiger partial charge in [-0.05, 0) is 37.3 Å². The molecule has 1 heteroatoms. The number of hydrogen-bond donors (Lipinski definition) is 1. The summed E-state index contributed by atoms with van der Waals surface area (Å²) >= 11 is 0. The first kappa shape index (κ1) is 12.0. The van der Waals surface area contributed by atoms with Crippen molar-refractivity contribution in [2.75, 3.05) is 13.1 Å². The Kier molecular flexibility index (Phi) is 5.56. The van der Waals surface area contributed by atoms with Crippen LogP contribution in [0.3, 0.4) is 0 Å². The van der Waals surface area contributed by atoms with Crippen molar-refractivity contribution in [1.82, 2.24) is 5.32 Å². The largest absolute Gasteiger partial charge is 0.317 e. The first-order valence-electron chi connectivity index (χ1n) is 5.19. The van der Waals surface area contributed by atoms with Crippen molar-refractivity contribution in [3.05, 3.63) is 0 Å². The lowest BCUT2D eigenvalue weighted by Gasteiger charge is -2.27. The van der Waals surface area contributed by atoms with Gasteiger partial charge in [-0.2, -0.15) is 0 Å². The lowest BCUT2D eigenvalue weighted by molar-refractivity contribution is 0.245. The lowest BCUT2D eigenvalue weighted by Crippen LogP contribution is -2.24. The van der Waals surface area contributed by atoms with Crippen molar-refractivity contribution >= 4 is 0 Å². The summed E-state index contributed by atoms with van der Waals surface area (Å²) in [6.07, 6.45) is 2.54.